The number of rotatable bonds is 7. The van der Waals surface area contributed by atoms with Gasteiger partial charge in [0.2, 0.25) is 5.91 Å². The van der Waals surface area contributed by atoms with Gasteiger partial charge in [-0.3, -0.25) is 9.69 Å². The maximum absolute atomic E-state index is 12.6. The van der Waals surface area contributed by atoms with Crippen LogP contribution in [0.25, 0.3) is 0 Å². The summed E-state index contributed by atoms with van der Waals surface area (Å²) >= 11 is 0. The van der Waals surface area contributed by atoms with Crippen LogP contribution in [0, 0.1) is 5.92 Å². The van der Waals surface area contributed by atoms with Crippen molar-refractivity contribution in [2.45, 2.75) is 31.7 Å². The van der Waals surface area contributed by atoms with Gasteiger partial charge in [0.25, 0.3) is 0 Å². The van der Waals surface area contributed by atoms with Gasteiger partial charge in [-0.15, -0.1) is 0 Å². The van der Waals surface area contributed by atoms with Crippen molar-refractivity contribution in [3.63, 3.8) is 0 Å². The number of piperazine rings is 1. The molecule has 0 bridgehead atoms. The zero-order valence-electron chi connectivity index (χ0n) is 16.0. The number of aliphatic hydroxyl groups is 1. The molecular formula is C20H30N4O3. The zero-order valence-corrected chi connectivity index (χ0v) is 16.0. The molecule has 27 heavy (non-hydrogen) atoms. The van der Waals surface area contributed by atoms with Crippen LogP contribution >= 0.6 is 0 Å². The molecule has 1 heterocycles. The van der Waals surface area contributed by atoms with Crippen LogP contribution in [0.4, 0.5) is 10.5 Å². The molecule has 0 spiro atoms. The molecule has 0 unspecified atom stereocenters. The highest BCUT2D eigenvalue weighted by Gasteiger charge is 2.33. The Morgan fingerprint density at radius 3 is 2.56 bits per heavy atom. The first kappa shape index (κ1) is 19.6. The molecule has 2 fully saturated rings. The van der Waals surface area contributed by atoms with Crippen molar-refractivity contribution >= 4 is 17.6 Å². The minimum absolute atomic E-state index is 0.0363. The van der Waals surface area contributed by atoms with Crippen molar-refractivity contribution in [2.24, 2.45) is 5.92 Å². The summed E-state index contributed by atoms with van der Waals surface area (Å²) in [6.07, 6.45) is 3.64. The van der Waals surface area contributed by atoms with Gasteiger partial charge in [-0.05, 0) is 42.9 Å². The Kier molecular flexibility index (Phi) is 6.68. The quantitative estimate of drug-likeness (QED) is 0.671. The number of benzene rings is 1. The third kappa shape index (κ3) is 5.68. The fourth-order valence-electron chi connectivity index (χ4n) is 3.55. The SMILES string of the molecule is CNC(=O)Cc1ccc(NC(=O)N2CCN(CC3CC3)[C@@H](CCO)C2)cc1. The fourth-order valence-corrected chi connectivity index (χ4v) is 3.55. The summed E-state index contributed by atoms with van der Waals surface area (Å²) < 4.78 is 0. The van der Waals surface area contributed by atoms with Gasteiger partial charge in [0, 0.05) is 51.6 Å². The number of aliphatic hydroxyl groups excluding tert-OH is 1. The summed E-state index contributed by atoms with van der Waals surface area (Å²) in [6, 6.07) is 7.48. The second kappa shape index (κ2) is 9.19. The molecule has 1 aliphatic heterocycles. The largest absolute Gasteiger partial charge is 0.396 e. The average molecular weight is 374 g/mol. The Morgan fingerprint density at radius 1 is 1.19 bits per heavy atom. The van der Waals surface area contributed by atoms with Gasteiger partial charge >= 0.3 is 6.03 Å². The summed E-state index contributed by atoms with van der Waals surface area (Å²) in [6.45, 7) is 3.45. The van der Waals surface area contributed by atoms with E-state index in [1.807, 2.05) is 29.2 Å². The Balaban J connectivity index is 1.53. The number of carbonyl (C=O) groups excluding carboxylic acids is 2. The Labute approximate surface area is 160 Å². The van der Waals surface area contributed by atoms with E-state index in [-0.39, 0.29) is 24.6 Å². The number of nitrogens with zero attached hydrogens (tertiary/aromatic N) is 2. The average Bonchev–Trinajstić information content (AvgIpc) is 3.49. The molecular weight excluding hydrogens is 344 g/mol. The van der Waals surface area contributed by atoms with E-state index in [4.69, 9.17) is 0 Å². The minimum atomic E-state index is -0.108. The van der Waals surface area contributed by atoms with Crippen LogP contribution in [0.3, 0.4) is 0 Å². The number of likely N-dealkylation sites (N-methyl/N-ethyl adjacent to an activating group) is 1. The second-order valence-electron chi connectivity index (χ2n) is 7.53. The van der Waals surface area contributed by atoms with Crippen molar-refractivity contribution in [3.8, 4) is 0 Å². The normalized spacial score (nSPS) is 20.4. The molecule has 7 nitrogen and oxygen atoms in total. The van der Waals surface area contributed by atoms with Gasteiger partial charge in [-0.25, -0.2) is 4.79 Å². The van der Waals surface area contributed by atoms with Crippen LogP contribution in [-0.2, 0) is 11.2 Å². The molecule has 1 atom stereocenters. The van der Waals surface area contributed by atoms with E-state index in [9.17, 15) is 14.7 Å². The summed E-state index contributed by atoms with van der Waals surface area (Å²) in [5.74, 6) is 0.769. The van der Waals surface area contributed by atoms with E-state index in [0.29, 0.717) is 25.9 Å². The highest BCUT2D eigenvalue weighted by Crippen LogP contribution is 2.31. The van der Waals surface area contributed by atoms with Crippen LogP contribution in [0.5, 0.6) is 0 Å². The van der Waals surface area contributed by atoms with Crippen LogP contribution < -0.4 is 10.6 Å². The first-order chi connectivity index (χ1) is 13.1. The van der Waals surface area contributed by atoms with Crippen molar-refractivity contribution in [3.05, 3.63) is 29.8 Å². The number of carbonyl (C=O) groups is 2. The molecule has 2 aliphatic rings. The van der Waals surface area contributed by atoms with Gasteiger partial charge in [0.05, 0.1) is 6.42 Å². The highest BCUT2D eigenvalue weighted by molar-refractivity contribution is 5.89. The van der Waals surface area contributed by atoms with Crippen molar-refractivity contribution in [1.29, 1.82) is 0 Å². The van der Waals surface area contributed by atoms with Gasteiger partial charge in [-0.1, -0.05) is 12.1 Å². The zero-order chi connectivity index (χ0) is 19.2. The Morgan fingerprint density at radius 2 is 1.93 bits per heavy atom. The molecule has 1 saturated heterocycles. The van der Waals surface area contributed by atoms with Crippen LogP contribution in [0.2, 0.25) is 0 Å². The summed E-state index contributed by atoms with van der Waals surface area (Å²) in [5, 5.41) is 14.9. The predicted molar refractivity (Wildman–Crippen MR) is 105 cm³/mol. The second-order valence-corrected chi connectivity index (χ2v) is 7.53. The number of amides is 3. The lowest BCUT2D eigenvalue weighted by atomic mass is 10.1. The standard InChI is InChI=1S/C20H30N4O3/c1-21-19(26)12-15-4-6-17(7-5-15)22-20(27)24-10-9-23(13-16-2-3-16)18(14-24)8-11-25/h4-7,16,18,25H,2-3,8-14H2,1H3,(H,21,26)(H,22,27)/t18-/m0/s1. The third-order valence-corrected chi connectivity index (χ3v) is 5.39. The lowest BCUT2D eigenvalue weighted by molar-refractivity contribution is -0.119. The fraction of sp³-hybridized carbons (Fsp3) is 0.600. The summed E-state index contributed by atoms with van der Waals surface area (Å²) in [5.41, 5.74) is 1.63. The number of hydrogen-bond donors (Lipinski definition) is 3. The summed E-state index contributed by atoms with van der Waals surface area (Å²) in [4.78, 5) is 28.3. The molecule has 3 amide bonds. The molecule has 0 aromatic heterocycles. The van der Waals surface area contributed by atoms with Crippen molar-refractivity contribution < 1.29 is 14.7 Å². The molecule has 1 saturated carbocycles. The van der Waals surface area contributed by atoms with Gasteiger partial charge in [0.15, 0.2) is 0 Å². The molecule has 1 aromatic rings. The van der Waals surface area contributed by atoms with E-state index in [1.54, 1.807) is 7.05 Å². The lowest BCUT2D eigenvalue weighted by Gasteiger charge is -2.41. The minimum Gasteiger partial charge on any atom is -0.396 e. The molecule has 1 aromatic carbocycles. The predicted octanol–water partition coefficient (Wildman–Crippen LogP) is 1.29. The molecule has 0 radical (unpaired) electrons. The van der Waals surface area contributed by atoms with E-state index < -0.39 is 0 Å². The molecule has 148 valence electrons. The maximum Gasteiger partial charge on any atom is 0.321 e. The van der Waals surface area contributed by atoms with Crippen molar-refractivity contribution in [1.82, 2.24) is 15.1 Å². The third-order valence-electron chi connectivity index (χ3n) is 5.39. The molecule has 3 N–H and O–H groups in total. The first-order valence-electron chi connectivity index (χ1n) is 9.79. The topological polar surface area (TPSA) is 84.9 Å². The van der Waals surface area contributed by atoms with Gasteiger partial charge in [0.1, 0.15) is 0 Å². The first-order valence-corrected chi connectivity index (χ1v) is 9.79. The molecule has 7 heteroatoms. The number of nitrogens with one attached hydrogen (secondary N) is 2. The maximum atomic E-state index is 12.6. The van der Waals surface area contributed by atoms with Gasteiger partial charge in [-0.2, -0.15) is 0 Å². The number of hydrogen-bond acceptors (Lipinski definition) is 4. The van der Waals surface area contributed by atoms with E-state index >= 15 is 0 Å². The van der Waals surface area contributed by atoms with Crippen molar-refractivity contribution in [2.75, 3.05) is 45.2 Å². The summed E-state index contributed by atoms with van der Waals surface area (Å²) in [7, 11) is 1.62. The Hall–Kier alpha value is -2.12. The smallest absolute Gasteiger partial charge is 0.321 e. The number of anilines is 1. The van der Waals surface area contributed by atoms with Gasteiger partial charge < -0.3 is 20.6 Å². The lowest BCUT2D eigenvalue weighted by Crippen LogP contribution is -2.56. The van der Waals surface area contributed by atoms with E-state index in [1.165, 1.54) is 12.8 Å². The van der Waals surface area contributed by atoms with E-state index in [2.05, 4.69) is 15.5 Å². The van der Waals surface area contributed by atoms with E-state index in [0.717, 1.165) is 30.3 Å². The molecule has 3 rings (SSSR count). The molecule has 1 aliphatic carbocycles. The highest BCUT2D eigenvalue weighted by atomic mass is 16.3. The van der Waals surface area contributed by atoms with Crippen LogP contribution in [0.1, 0.15) is 24.8 Å². The monoisotopic (exact) mass is 374 g/mol. The van der Waals surface area contributed by atoms with Crippen LogP contribution in [-0.4, -0.2) is 72.7 Å². The number of urea groups is 1. The Bertz CT molecular complexity index is 645. The van der Waals surface area contributed by atoms with Crippen LogP contribution in [0.15, 0.2) is 24.3 Å².